The largest absolute Gasteiger partial charge is 0.329 e. The molecule has 3 heteroatoms. The van der Waals surface area contributed by atoms with Crippen LogP contribution in [-0.2, 0) is 0 Å². The van der Waals surface area contributed by atoms with E-state index < -0.39 is 0 Å². The smallest absolute Gasteiger partial charge is 0.133 e. The fraction of sp³-hybridized carbons (Fsp3) is 0.312. The van der Waals surface area contributed by atoms with Crippen molar-refractivity contribution < 1.29 is 0 Å². The van der Waals surface area contributed by atoms with Gasteiger partial charge in [-0.2, -0.15) is 0 Å². The summed E-state index contributed by atoms with van der Waals surface area (Å²) < 4.78 is 1.04. The van der Waals surface area contributed by atoms with Crippen molar-refractivity contribution in [2.24, 2.45) is 0 Å². The second-order valence-electron chi connectivity index (χ2n) is 5.04. The Hall–Kier alpha value is -1.35. The molecule has 0 saturated heterocycles. The van der Waals surface area contributed by atoms with Crippen LogP contribution >= 0.6 is 15.9 Å². The van der Waals surface area contributed by atoms with Gasteiger partial charge in [-0.1, -0.05) is 17.7 Å². The molecule has 0 amide bonds. The predicted octanol–water partition coefficient (Wildman–Crippen LogP) is 4.85. The van der Waals surface area contributed by atoms with Crippen LogP contribution in [0.1, 0.15) is 22.4 Å². The van der Waals surface area contributed by atoms with Crippen molar-refractivity contribution in [2.75, 3.05) is 11.9 Å². The Morgan fingerprint density at radius 1 is 1.00 bits per heavy atom. The van der Waals surface area contributed by atoms with Crippen LogP contribution in [0, 0.1) is 27.7 Å². The van der Waals surface area contributed by atoms with E-state index in [4.69, 9.17) is 0 Å². The third kappa shape index (κ3) is 2.81. The van der Waals surface area contributed by atoms with Crippen molar-refractivity contribution in [2.45, 2.75) is 27.7 Å². The van der Waals surface area contributed by atoms with Gasteiger partial charge in [-0.25, -0.2) is 4.98 Å². The van der Waals surface area contributed by atoms with E-state index in [0.717, 1.165) is 16.0 Å². The number of nitrogens with zero attached hydrogens (tertiary/aromatic N) is 2. The molecule has 0 spiro atoms. The van der Waals surface area contributed by atoms with E-state index >= 15 is 0 Å². The maximum absolute atomic E-state index is 4.63. The van der Waals surface area contributed by atoms with Gasteiger partial charge >= 0.3 is 0 Å². The standard InChI is InChI=1S/C16H19BrN2/c1-10-8-11(2)16(12(3)9-10)19(5)15-7-6-14(17)13(4)18-15/h6-9H,1-5H3. The Bertz CT molecular complexity index is 597. The molecular formula is C16H19BrN2. The lowest BCUT2D eigenvalue weighted by atomic mass is 10.0. The van der Waals surface area contributed by atoms with Crippen LogP contribution in [0.2, 0.25) is 0 Å². The van der Waals surface area contributed by atoms with Gasteiger partial charge in [0.25, 0.3) is 0 Å². The van der Waals surface area contributed by atoms with Crippen LogP contribution in [0.3, 0.4) is 0 Å². The first-order valence-electron chi connectivity index (χ1n) is 6.35. The number of aromatic nitrogens is 1. The molecule has 0 aliphatic heterocycles. The molecule has 0 aliphatic carbocycles. The molecule has 0 bridgehead atoms. The lowest BCUT2D eigenvalue weighted by Gasteiger charge is -2.23. The Morgan fingerprint density at radius 2 is 1.58 bits per heavy atom. The molecule has 0 fully saturated rings. The van der Waals surface area contributed by atoms with E-state index in [1.54, 1.807) is 0 Å². The Balaban J connectivity index is 2.49. The summed E-state index contributed by atoms with van der Waals surface area (Å²) in [6.45, 7) is 8.44. The highest BCUT2D eigenvalue weighted by Crippen LogP contribution is 2.31. The second kappa shape index (κ2) is 5.33. The van der Waals surface area contributed by atoms with Crippen molar-refractivity contribution in [3.63, 3.8) is 0 Å². The third-order valence-corrected chi connectivity index (χ3v) is 4.16. The van der Waals surface area contributed by atoms with Crippen molar-refractivity contribution in [1.29, 1.82) is 0 Å². The number of halogens is 1. The molecule has 0 saturated carbocycles. The monoisotopic (exact) mass is 318 g/mol. The molecule has 1 aromatic heterocycles. The SMILES string of the molecule is Cc1cc(C)c(N(C)c2ccc(Br)c(C)n2)c(C)c1. The summed E-state index contributed by atoms with van der Waals surface area (Å²) in [4.78, 5) is 6.79. The maximum Gasteiger partial charge on any atom is 0.133 e. The van der Waals surface area contributed by atoms with Gasteiger partial charge in [0.15, 0.2) is 0 Å². The molecule has 2 nitrogen and oxygen atoms in total. The average molecular weight is 319 g/mol. The molecule has 100 valence electrons. The first-order valence-corrected chi connectivity index (χ1v) is 7.14. The van der Waals surface area contributed by atoms with Gasteiger partial charge in [-0.05, 0) is 66.9 Å². The summed E-state index contributed by atoms with van der Waals surface area (Å²) in [6, 6.07) is 8.51. The lowest BCUT2D eigenvalue weighted by Crippen LogP contribution is -2.14. The summed E-state index contributed by atoms with van der Waals surface area (Å²) in [6.07, 6.45) is 0. The zero-order valence-electron chi connectivity index (χ0n) is 12.1. The molecule has 1 heterocycles. The normalized spacial score (nSPS) is 10.6. The molecule has 0 unspecified atom stereocenters. The molecule has 1 aromatic carbocycles. The first-order chi connectivity index (χ1) is 8.90. The first kappa shape index (κ1) is 14.1. The van der Waals surface area contributed by atoms with Gasteiger partial charge < -0.3 is 4.90 Å². The number of anilines is 2. The Morgan fingerprint density at radius 3 is 2.11 bits per heavy atom. The number of aryl methyl sites for hydroxylation is 4. The molecule has 2 rings (SSSR count). The van der Waals surface area contributed by atoms with Crippen molar-refractivity contribution in [3.8, 4) is 0 Å². The maximum atomic E-state index is 4.63. The van der Waals surface area contributed by atoms with E-state index in [2.05, 4.69) is 65.8 Å². The highest BCUT2D eigenvalue weighted by molar-refractivity contribution is 9.10. The molecule has 0 atom stereocenters. The summed E-state index contributed by atoms with van der Waals surface area (Å²) in [5.41, 5.74) is 6.10. The number of rotatable bonds is 2. The van der Waals surface area contributed by atoms with Gasteiger partial charge in [0.2, 0.25) is 0 Å². The van der Waals surface area contributed by atoms with E-state index in [1.165, 1.54) is 22.4 Å². The van der Waals surface area contributed by atoms with Crippen molar-refractivity contribution in [1.82, 2.24) is 4.98 Å². The van der Waals surface area contributed by atoms with Crippen LogP contribution in [-0.4, -0.2) is 12.0 Å². The summed E-state index contributed by atoms with van der Waals surface area (Å²) >= 11 is 3.49. The van der Waals surface area contributed by atoms with Crippen molar-refractivity contribution >= 4 is 27.4 Å². The summed E-state index contributed by atoms with van der Waals surface area (Å²) in [5, 5.41) is 0. The lowest BCUT2D eigenvalue weighted by molar-refractivity contribution is 1.06. The van der Waals surface area contributed by atoms with Crippen LogP contribution < -0.4 is 4.90 Å². The molecule has 19 heavy (non-hydrogen) atoms. The highest BCUT2D eigenvalue weighted by Gasteiger charge is 2.12. The fourth-order valence-corrected chi connectivity index (χ4v) is 2.75. The van der Waals surface area contributed by atoms with E-state index in [0.29, 0.717) is 0 Å². The fourth-order valence-electron chi connectivity index (χ4n) is 2.53. The number of hydrogen-bond acceptors (Lipinski definition) is 2. The minimum absolute atomic E-state index is 0.968. The van der Waals surface area contributed by atoms with E-state index in [1.807, 2.05) is 19.1 Å². The zero-order valence-corrected chi connectivity index (χ0v) is 13.7. The quantitative estimate of drug-likeness (QED) is 0.787. The average Bonchev–Trinajstić information content (AvgIpc) is 2.31. The van der Waals surface area contributed by atoms with Crippen LogP contribution in [0.5, 0.6) is 0 Å². The van der Waals surface area contributed by atoms with E-state index in [9.17, 15) is 0 Å². The number of pyridine rings is 1. The molecule has 0 N–H and O–H groups in total. The Kier molecular flexibility index (Phi) is 3.95. The minimum atomic E-state index is 0.968. The van der Waals surface area contributed by atoms with Gasteiger partial charge in [0.05, 0.1) is 5.69 Å². The van der Waals surface area contributed by atoms with Crippen LogP contribution in [0.15, 0.2) is 28.7 Å². The van der Waals surface area contributed by atoms with Crippen LogP contribution in [0.4, 0.5) is 11.5 Å². The van der Waals surface area contributed by atoms with Gasteiger partial charge in [-0.15, -0.1) is 0 Å². The predicted molar refractivity (Wildman–Crippen MR) is 85.4 cm³/mol. The van der Waals surface area contributed by atoms with Gasteiger partial charge in [0.1, 0.15) is 5.82 Å². The summed E-state index contributed by atoms with van der Waals surface area (Å²) in [7, 11) is 2.07. The molecule has 2 aromatic rings. The minimum Gasteiger partial charge on any atom is -0.329 e. The van der Waals surface area contributed by atoms with Crippen LogP contribution in [0.25, 0.3) is 0 Å². The van der Waals surface area contributed by atoms with Gasteiger partial charge in [-0.3, -0.25) is 0 Å². The van der Waals surface area contributed by atoms with Crippen molar-refractivity contribution in [3.05, 3.63) is 51.1 Å². The highest BCUT2D eigenvalue weighted by atomic mass is 79.9. The third-order valence-electron chi connectivity index (χ3n) is 3.32. The number of hydrogen-bond donors (Lipinski definition) is 0. The Labute approximate surface area is 123 Å². The molecule has 0 aliphatic rings. The van der Waals surface area contributed by atoms with E-state index in [-0.39, 0.29) is 0 Å². The summed E-state index contributed by atoms with van der Waals surface area (Å²) in [5.74, 6) is 0.968. The number of benzene rings is 1. The molecular weight excluding hydrogens is 300 g/mol. The van der Waals surface area contributed by atoms with Gasteiger partial charge in [0, 0.05) is 17.2 Å². The zero-order chi connectivity index (χ0) is 14.2. The molecule has 0 radical (unpaired) electrons. The topological polar surface area (TPSA) is 16.1 Å². The second-order valence-corrected chi connectivity index (χ2v) is 5.90.